The summed E-state index contributed by atoms with van der Waals surface area (Å²) in [5, 5.41) is 15.6. The van der Waals surface area contributed by atoms with Crippen molar-refractivity contribution < 1.29 is 0 Å². The van der Waals surface area contributed by atoms with Gasteiger partial charge < -0.3 is 5.10 Å². The number of pyridine rings is 1. The van der Waals surface area contributed by atoms with Crippen molar-refractivity contribution in [1.29, 1.82) is 0 Å². The molecule has 6 aromatic rings. The highest BCUT2D eigenvalue weighted by atomic mass is 35.5. The fourth-order valence-electron chi connectivity index (χ4n) is 4.65. The van der Waals surface area contributed by atoms with E-state index in [1.807, 2.05) is 18.2 Å². The molecule has 0 N–H and O–H groups in total. The quantitative estimate of drug-likeness (QED) is 0.244. The van der Waals surface area contributed by atoms with Crippen molar-refractivity contribution in [3.63, 3.8) is 0 Å². The standard InChI is InChI=1S/C29H23ClN7/c1-2-5-28-31-25-16-17-26(30)32-29(25)37(28)23-14-12-20(13-15-23)19-8-10-21(11-9-19)24-7-4-3-6-22(24)18-27-33-35-36-34-27/h3-4,6-17H,2,5,18H2,1H3/q-1. The minimum Gasteiger partial charge on any atom is -0.335 e. The fourth-order valence-corrected chi connectivity index (χ4v) is 4.79. The van der Waals surface area contributed by atoms with E-state index in [0.29, 0.717) is 17.4 Å². The highest BCUT2D eigenvalue weighted by Crippen LogP contribution is 2.29. The third-order valence-electron chi connectivity index (χ3n) is 6.39. The van der Waals surface area contributed by atoms with Gasteiger partial charge in [0.1, 0.15) is 16.5 Å². The van der Waals surface area contributed by atoms with Crippen molar-refractivity contribution in [2.24, 2.45) is 0 Å². The zero-order valence-corrected chi connectivity index (χ0v) is 21.0. The van der Waals surface area contributed by atoms with Crippen molar-refractivity contribution in [3.05, 3.63) is 107 Å². The van der Waals surface area contributed by atoms with Crippen LogP contribution in [-0.4, -0.2) is 30.1 Å². The average molecular weight is 505 g/mol. The number of benzene rings is 3. The highest BCUT2D eigenvalue weighted by Gasteiger charge is 2.14. The molecule has 7 nitrogen and oxygen atoms in total. The number of aromatic nitrogens is 7. The van der Waals surface area contributed by atoms with Crippen LogP contribution in [0.4, 0.5) is 0 Å². The van der Waals surface area contributed by atoms with Crippen molar-refractivity contribution >= 4 is 22.8 Å². The maximum atomic E-state index is 6.21. The van der Waals surface area contributed by atoms with Crippen LogP contribution in [0.3, 0.4) is 0 Å². The maximum Gasteiger partial charge on any atom is 0.166 e. The number of nitrogens with zero attached hydrogens (tertiary/aromatic N) is 7. The van der Waals surface area contributed by atoms with E-state index in [1.165, 1.54) is 0 Å². The zero-order chi connectivity index (χ0) is 25.2. The molecule has 0 fully saturated rings. The van der Waals surface area contributed by atoms with Crippen LogP contribution in [0.1, 0.15) is 30.6 Å². The number of fused-ring (bicyclic) bond motifs is 1. The van der Waals surface area contributed by atoms with E-state index < -0.39 is 0 Å². The summed E-state index contributed by atoms with van der Waals surface area (Å²) in [6.45, 7) is 2.15. The summed E-state index contributed by atoms with van der Waals surface area (Å²) in [4.78, 5) is 9.35. The Bertz CT molecular complexity index is 1650. The minimum atomic E-state index is 0.464. The number of halogens is 1. The number of hydrogen-bond acceptors (Lipinski definition) is 5. The maximum absolute atomic E-state index is 6.21. The monoisotopic (exact) mass is 504 g/mol. The van der Waals surface area contributed by atoms with Crippen LogP contribution in [0.5, 0.6) is 0 Å². The predicted octanol–water partition coefficient (Wildman–Crippen LogP) is 6.09. The summed E-state index contributed by atoms with van der Waals surface area (Å²) < 4.78 is 2.11. The molecule has 6 rings (SSSR count). The number of aryl methyl sites for hydroxylation is 1. The summed E-state index contributed by atoms with van der Waals surface area (Å²) in [7, 11) is 0. The Morgan fingerprint density at radius 1 is 0.811 bits per heavy atom. The van der Waals surface area contributed by atoms with Gasteiger partial charge in [0.25, 0.3) is 0 Å². The third-order valence-corrected chi connectivity index (χ3v) is 6.61. The Hall–Kier alpha value is -4.36. The lowest BCUT2D eigenvalue weighted by Crippen LogP contribution is -2.02. The van der Waals surface area contributed by atoms with Crippen molar-refractivity contribution in [1.82, 2.24) is 35.2 Å². The molecular formula is C29H23ClN7-. The van der Waals surface area contributed by atoms with Gasteiger partial charge in [-0.15, -0.1) is 0 Å². The number of hydrogen-bond donors (Lipinski definition) is 0. The minimum absolute atomic E-state index is 0.464. The van der Waals surface area contributed by atoms with Crippen LogP contribution in [0.25, 0.3) is 39.1 Å². The van der Waals surface area contributed by atoms with Gasteiger partial charge in [-0.3, -0.25) is 14.9 Å². The van der Waals surface area contributed by atoms with E-state index in [9.17, 15) is 0 Å². The molecule has 0 saturated carbocycles. The van der Waals surface area contributed by atoms with Crippen molar-refractivity contribution in [2.45, 2.75) is 26.2 Å². The van der Waals surface area contributed by atoms with Crippen LogP contribution >= 0.6 is 11.6 Å². The van der Waals surface area contributed by atoms with E-state index >= 15 is 0 Å². The zero-order valence-electron chi connectivity index (χ0n) is 20.2. The molecule has 0 bridgehead atoms. The van der Waals surface area contributed by atoms with Gasteiger partial charge in [-0.1, -0.05) is 79.2 Å². The van der Waals surface area contributed by atoms with Gasteiger partial charge in [-0.2, -0.15) is 5.21 Å². The van der Waals surface area contributed by atoms with Gasteiger partial charge >= 0.3 is 0 Å². The molecule has 0 aliphatic rings. The topological polar surface area (TPSA) is 83.5 Å². The van der Waals surface area contributed by atoms with Gasteiger partial charge in [0.15, 0.2) is 5.65 Å². The smallest absolute Gasteiger partial charge is 0.166 e. The Labute approximate surface area is 219 Å². The first-order chi connectivity index (χ1) is 18.2. The highest BCUT2D eigenvalue weighted by molar-refractivity contribution is 6.29. The molecule has 0 unspecified atom stereocenters. The Kier molecular flexibility index (Phi) is 6.20. The fraction of sp³-hybridized carbons (Fsp3) is 0.138. The molecule has 3 aromatic carbocycles. The van der Waals surface area contributed by atoms with Crippen LogP contribution in [-0.2, 0) is 12.8 Å². The second-order valence-electron chi connectivity index (χ2n) is 8.84. The van der Waals surface area contributed by atoms with E-state index in [2.05, 4.69) is 97.8 Å². The van der Waals surface area contributed by atoms with Gasteiger partial charge in [0.05, 0.1) is 0 Å². The SMILES string of the molecule is CCCc1nc2ccc(Cl)nc2n1-c1ccc(-c2ccc(-c3ccccc3Cc3nnn[n-]3)cc2)cc1. The second kappa shape index (κ2) is 9.95. The molecule has 3 heterocycles. The molecule has 0 atom stereocenters. The predicted molar refractivity (Wildman–Crippen MR) is 145 cm³/mol. The van der Waals surface area contributed by atoms with Crippen LogP contribution in [0, 0.1) is 0 Å². The van der Waals surface area contributed by atoms with Gasteiger partial charge in [-0.05, 0) is 58.5 Å². The molecule has 0 amide bonds. The molecule has 182 valence electrons. The van der Waals surface area contributed by atoms with E-state index in [-0.39, 0.29) is 0 Å². The van der Waals surface area contributed by atoms with Crippen LogP contribution in [0.2, 0.25) is 5.15 Å². The Morgan fingerprint density at radius 2 is 1.54 bits per heavy atom. The first-order valence-corrected chi connectivity index (χ1v) is 12.6. The lowest BCUT2D eigenvalue weighted by Gasteiger charge is -2.12. The van der Waals surface area contributed by atoms with Gasteiger partial charge in [0, 0.05) is 24.4 Å². The summed E-state index contributed by atoms with van der Waals surface area (Å²) in [6.07, 6.45) is 2.46. The molecule has 0 saturated heterocycles. The summed E-state index contributed by atoms with van der Waals surface area (Å²) in [5.41, 5.74) is 8.36. The van der Waals surface area contributed by atoms with Gasteiger partial charge in [0.2, 0.25) is 0 Å². The largest absolute Gasteiger partial charge is 0.335 e. The van der Waals surface area contributed by atoms with Gasteiger partial charge in [-0.25, -0.2) is 9.97 Å². The summed E-state index contributed by atoms with van der Waals surface area (Å²) in [5.74, 6) is 1.61. The van der Waals surface area contributed by atoms with E-state index in [4.69, 9.17) is 16.6 Å². The summed E-state index contributed by atoms with van der Waals surface area (Å²) in [6, 6.07) is 29.1. The molecule has 8 heteroatoms. The Morgan fingerprint density at radius 3 is 2.27 bits per heavy atom. The molecule has 0 radical (unpaired) electrons. The van der Waals surface area contributed by atoms with E-state index in [1.54, 1.807) is 6.07 Å². The summed E-state index contributed by atoms with van der Waals surface area (Å²) >= 11 is 6.21. The molecule has 0 spiro atoms. The first-order valence-electron chi connectivity index (χ1n) is 12.2. The molecular weight excluding hydrogens is 482 g/mol. The van der Waals surface area contributed by atoms with Crippen LogP contribution in [0.15, 0.2) is 84.9 Å². The molecule has 37 heavy (non-hydrogen) atoms. The Balaban J connectivity index is 1.30. The first kappa shape index (κ1) is 23.1. The molecule has 3 aromatic heterocycles. The number of imidazole rings is 1. The lowest BCUT2D eigenvalue weighted by molar-refractivity contribution is 0.815. The van der Waals surface area contributed by atoms with E-state index in [0.717, 1.165) is 63.3 Å². The normalized spacial score (nSPS) is 11.3. The number of rotatable bonds is 7. The second-order valence-corrected chi connectivity index (χ2v) is 9.23. The van der Waals surface area contributed by atoms with Crippen molar-refractivity contribution in [3.8, 4) is 27.9 Å². The molecule has 0 aliphatic carbocycles. The van der Waals surface area contributed by atoms with Crippen molar-refractivity contribution in [2.75, 3.05) is 0 Å². The number of tetrazole rings is 1. The lowest BCUT2D eigenvalue weighted by atomic mass is 9.95. The van der Waals surface area contributed by atoms with Crippen LogP contribution < -0.4 is 5.10 Å². The third kappa shape index (κ3) is 4.61. The average Bonchev–Trinajstić information content (AvgIpc) is 3.57. The molecule has 0 aliphatic heterocycles.